The van der Waals surface area contributed by atoms with Crippen LogP contribution >= 0.6 is 24.0 Å². The Morgan fingerprint density at radius 2 is 2.09 bits per heavy atom. The predicted octanol–water partition coefficient (Wildman–Crippen LogP) is 2.74. The van der Waals surface area contributed by atoms with Crippen molar-refractivity contribution < 1.29 is 8.91 Å². The van der Waals surface area contributed by atoms with Gasteiger partial charge in [0.25, 0.3) is 0 Å². The molecule has 0 aliphatic rings. The van der Waals surface area contributed by atoms with E-state index in [2.05, 4.69) is 20.4 Å². The smallest absolute Gasteiger partial charge is 0.227 e. The monoisotopic (exact) mass is 433 g/mol. The van der Waals surface area contributed by atoms with Gasteiger partial charge in [0.1, 0.15) is 5.82 Å². The average Bonchev–Trinajstić information content (AvgIpc) is 2.99. The van der Waals surface area contributed by atoms with Crippen molar-refractivity contribution in [3.8, 4) is 11.4 Å². The molecule has 0 radical (unpaired) electrons. The maximum Gasteiger partial charge on any atom is 0.227 e. The van der Waals surface area contributed by atoms with E-state index in [4.69, 9.17) is 10.3 Å². The van der Waals surface area contributed by atoms with Crippen LogP contribution in [0.25, 0.3) is 11.4 Å². The highest BCUT2D eigenvalue weighted by Gasteiger charge is 2.08. The van der Waals surface area contributed by atoms with Crippen molar-refractivity contribution >= 4 is 29.9 Å². The standard InChI is InChI=1S/C15H20FN5O.HI/c1-2-9-18-15(17)19-10-3-4-13-20-14(21-22-13)11-5-7-12(16)8-6-11;/h5-8H,2-4,9-10H2,1H3,(H3,17,18,19);1H. The summed E-state index contributed by atoms with van der Waals surface area (Å²) in [5, 5.41) is 6.92. The number of hydrogen-bond donors (Lipinski definition) is 2. The van der Waals surface area contributed by atoms with Gasteiger partial charge in [0, 0.05) is 25.1 Å². The topological polar surface area (TPSA) is 89.3 Å². The van der Waals surface area contributed by atoms with Gasteiger partial charge in [-0.1, -0.05) is 12.1 Å². The summed E-state index contributed by atoms with van der Waals surface area (Å²) in [7, 11) is 0. The summed E-state index contributed by atoms with van der Waals surface area (Å²) in [5.74, 6) is 1.18. The summed E-state index contributed by atoms with van der Waals surface area (Å²) in [5.41, 5.74) is 6.42. The van der Waals surface area contributed by atoms with Gasteiger partial charge in [0.05, 0.1) is 0 Å². The Labute approximate surface area is 151 Å². The second-order valence-electron chi connectivity index (χ2n) is 4.82. The van der Waals surface area contributed by atoms with Crippen LogP contribution < -0.4 is 11.1 Å². The van der Waals surface area contributed by atoms with Gasteiger partial charge < -0.3 is 15.6 Å². The SMILES string of the molecule is CCCN=C(N)NCCCc1nc(-c2ccc(F)cc2)no1.I. The third-order valence-corrected chi connectivity index (χ3v) is 2.95. The minimum Gasteiger partial charge on any atom is -0.370 e. The Balaban J connectivity index is 0.00000264. The van der Waals surface area contributed by atoms with Gasteiger partial charge in [-0.3, -0.25) is 4.99 Å². The van der Waals surface area contributed by atoms with Crippen LogP contribution in [-0.2, 0) is 6.42 Å². The normalized spacial score (nSPS) is 11.1. The molecule has 3 N–H and O–H groups in total. The van der Waals surface area contributed by atoms with E-state index >= 15 is 0 Å². The number of nitrogens with two attached hydrogens (primary N) is 1. The van der Waals surface area contributed by atoms with Crippen LogP contribution in [0, 0.1) is 5.82 Å². The van der Waals surface area contributed by atoms with Gasteiger partial charge in [0.2, 0.25) is 11.7 Å². The first kappa shape index (κ1) is 19.3. The first-order valence-electron chi connectivity index (χ1n) is 7.31. The van der Waals surface area contributed by atoms with Gasteiger partial charge in [0.15, 0.2) is 5.96 Å². The van der Waals surface area contributed by atoms with Crippen LogP contribution in [0.15, 0.2) is 33.8 Å². The van der Waals surface area contributed by atoms with Crippen LogP contribution in [0.5, 0.6) is 0 Å². The molecule has 0 spiro atoms. The number of nitrogens with one attached hydrogen (secondary N) is 1. The molecular formula is C15H21FIN5O. The largest absolute Gasteiger partial charge is 0.370 e. The molecule has 1 aromatic heterocycles. The summed E-state index contributed by atoms with van der Waals surface area (Å²) in [6, 6.07) is 5.98. The number of aromatic nitrogens is 2. The Kier molecular flexibility index (Phi) is 8.52. The summed E-state index contributed by atoms with van der Waals surface area (Å²) in [6.45, 7) is 3.46. The minimum absolute atomic E-state index is 0. The third kappa shape index (κ3) is 6.51. The second-order valence-corrected chi connectivity index (χ2v) is 4.82. The highest BCUT2D eigenvalue weighted by molar-refractivity contribution is 14.0. The van der Waals surface area contributed by atoms with Crippen LogP contribution in [-0.4, -0.2) is 29.2 Å². The molecule has 2 rings (SSSR count). The summed E-state index contributed by atoms with van der Waals surface area (Å²) in [6.07, 6.45) is 2.41. The zero-order valence-corrected chi connectivity index (χ0v) is 15.3. The van der Waals surface area contributed by atoms with Crippen molar-refractivity contribution in [1.82, 2.24) is 15.5 Å². The molecule has 1 heterocycles. The molecule has 23 heavy (non-hydrogen) atoms. The van der Waals surface area contributed by atoms with Crippen LogP contribution in [0.1, 0.15) is 25.7 Å². The van der Waals surface area contributed by atoms with Crippen molar-refractivity contribution in [1.29, 1.82) is 0 Å². The summed E-state index contributed by atoms with van der Waals surface area (Å²) in [4.78, 5) is 8.43. The number of benzene rings is 1. The molecule has 0 saturated carbocycles. The predicted molar refractivity (Wildman–Crippen MR) is 98.2 cm³/mol. The van der Waals surface area contributed by atoms with Crippen molar-refractivity contribution in [2.45, 2.75) is 26.2 Å². The molecule has 0 atom stereocenters. The number of aliphatic imine (C=N–C) groups is 1. The summed E-state index contributed by atoms with van der Waals surface area (Å²) < 4.78 is 18.0. The van der Waals surface area contributed by atoms with Gasteiger partial charge in [-0.2, -0.15) is 4.98 Å². The van der Waals surface area contributed by atoms with E-state index in [1.54, 1.807) is 12.1 Å². The fourth-order valence-corrected chi connectivity index (χ4v) is 1.82. The van der Waals surface area contributed by atoms with Crippen molar-refractivity contribution in [2.24, 2.45) is 10.7 Å². The zero-order valence-electron chi connectivity index (χ0n) is 13.0. The molecule has 8 heteroatoms. The molecule has 126 valence electrons. The number of rotatable bonds is 7. The maximum atomic E-state index is 12.9. The Morgan fingerprint density at radius 3 is 2.78 bits per heavy atom. The molecular weight excluding hydrogens is 412 g/mol. The van der Waals surface area contributed by atoms with E-state index in [-0.39, 0.29) is 29.8 Å². The van der Waals surface area contributed by atoms with E-state index in [9.17, 15) is 4.39 Å². The molecule has 0 aliphatic heterocycles. The van der Waals surface area contributed by atoms with Gasteiger partial charge in [-0.05, 0) is 37.1 Å². The first-order valence-corrected chi connectivity index (χ1v) is 7.31. The molecule has 6 nitrogen and oxygen atoms in total. The number of nitrogens with zero attached hydrogens (tertiary/aromatic N) is 3. The Bertz CT molecular complexity index is 615. The van der Waals surface area contributed by atoms with Crippen molar-refractivity contribution in [3.63, 3.8) is 0 Å². The third-order valence-electron chi connectivity index (χ3n) is 2.95. The van der Waals surface area contributed by atoms with Gasteiger partial charge in [-0.25, -0.2) is 4.39 Å². The number of halogens is 2. The van der Waals surface area contributed by atoms with Crippen LogP contribution in [0.3, 0.4) is 0 Å². The van der Waals surface area contributed by atoms with Crippen LogP contribution in [0.2, 0.25) is 0 Å². The molecule has 1 aromatic carbocycles. The zero-order chi connectivity index (χ0) is 15.8. The van der Waals surface area contributed by atoms with Gasteiger partial charge >= 0.3 is 0 Å². The second kappa shape index (κ2) is 10.1. The Hall–Kier alpha value is -1.71. The quantitative estimate of drug-likeness (QED) is 0.304. The fourth-order valence-electron chi connectivity index (χ4n) is 1.82. The van der Waals surface area contributed by atoms with E-state index in [0.29, 0.717) is 30.6 Å². The highest BCUT2D eigenvalue weighted by atomic mass is 127. The van der Waals surface area contributed by atoms with E-state index < -0.39 is 0 Å². The number of aryl methyl sites for hydroxylation is 1. The molecule has 0 fully saturated rings. The number of hydrogen-bond acceptors (Lipinski definition) is 4. The molecule has 0 amide bonds. The lowest BCUT2D eigenvalue weighted by Crippen LogP contribution is -2.32. The van der Waals surface area contributed by atoms with E-state index in [0.717, 1.165) is 24.9 Å². The lowest BCUT2D eigenvalue weighted by Gasteiger charge is -2.03. The van der Waals surface area contributed by atoms with E-state index in [1.807, 2.05) is 6.92 Å². The lowest BCUT2D eigenvalue weighted by molar-refractivity contribution is 0.376. The van der Waals surface area contributed by atoms with Crippen molar-refractivity contribution in [2.75, 3.05) is 13.1 Å². The van der Waals surface area contributed by atoms with Gasteiger partial charge in [-0.15, -0.1) is 24.0 Å². The Morgan fingerprint density at radius 1 is 1.35 bits per heavy atom. The minimum atomic E-state index is -0.291. The van der Waals surface area contributed by atoms with Crippen LogP contribution in [0.4, 0.5) is 4.39 Å². The first-order chi connectivity index (χ1) is 10.7. The summed E-state index contributed by atoms with van der Waals surface area (Å²) >= 11 is 0. The lowest BCUT2D eigenvalue weighted by atomic mass is 10.2. The van der Waals surface area contributed by atoms with E-state index in [1.165, 1.54) is 12.1 Å². The molecule has 0 aliphatic carbocycles. The fraction of sp³-hybridized carbons (Fsp3) is 0.400. The molecule has 0 unspecified atom stereocenters. The number of guanidine groups is 1. The van der Waals surface area contributed by atoms with Crippen molar-refractivity contribution in [3.05, 3.63) is 36.0 Å². The molecule has 2 aromatic rings. The molecule has 0 bridgehead atoms. The molecule has 0 saturated heterocycles. The highest BCUT2D eigenvalue weighted by Crippen LogP contribution is 2.16. The average molecular weight is 433 g/mol. The maximum absolute atomic E-state index is 12.9.